The van der Waals surface area contributed by atoms with E-state index < -0.39 is 0 Å². The average Bonchev–Trinajstić information content (AvgIpc) is 3.25. The first-order chi connectivity index (χ1) is 11.2. The van der Waals surface area contributed by atoms with Crippen LogP contribution >= 0.6 is 22.7 Å². The van der Waals surface area contributed by atoms with Crippen LogP contribution in [0.25, 0.3) is 17.3 Å². The number of carbonyl (C=O) groups excluding carboxylic acids is 1. The molecule has 2 heterocycles. The number of amides is 1. The van der Waals surface area contributed by atoms with Crippen molar-refractivity contribution >= 4 is 34.7 Å². The average molecular weight is 341 g/mol. The van der Waals surface area contributed by atoms with Gasteiger partial charge in [0.05, 0.1) is 22.9 Å². The molecule has 3 aromatic rings. The maximum atomic E-state index is 12.0. The third kappa shape index (κ3) is 4.12. The summed E-state index contributed by atoms with van der Waals surface area (Å²) in [6.07, 6.45) is 3.20. The highest BCUT2D eigenvalue weighted by atomic mass is 32.1. The molecule has 0 unspecified atom stereocenters. The van der Waals surface area contributed by atoms with Gasteiger partial charge in [0, 0.05) is 22.4 Å². The van der Waals surface area contributed by atoms with E-state index >= 15 is 0 Å². The highest BCUT2D eigenvalue weighted by Gasteiger charge is 2.12. The molecule has 1 aromatic carbocycles. The summed E-state index contributed by atoms with van der Waals surface area (Å²) in [4.78, 5) is 20.7. The lowest BCUT2D eigenvalue weighted by Gasteiger charge is -2.08. The molecule has 1 atom stereocenters. The van der Waals surface area contributed by atoms with Crippen molar-refractivity contribution in [3.05, 3.63) is 63.4 Å². The van der Waals surface area contributed by atoms with Crippen molar-refractivity contribution < 1.29 is 4.79 Å². The second-order valence-corrected chi connectivity index (χ2v) is 6.52. The normalized spacial score (nSPS) is 12.4. The lowest BCUT2D eigenvalue weighted by Crippen LogP contribution is -2.24. The lowest BCUT2D eigenvalue weighted by atomic mass is 10.2. The summed E-state index contributed by atoms with van der Waals surface area (Å²) in [7, 11) is 0. The fraction of sp³-hybridized carbons (Fsp3) is 0.118. The van der Waals surface area contributed by atoms with Gasteiger partial charge >= 0.3 is 0 Å². The number of hydrogen-bond acceptors (Lipinski definition) is 5. The molecule has 0 saturated heterocycles. The maximum absolute atomic E-state index is 12.0. The highest BCUT2D eigenvalue weighted by Crippen LogP contribution is 2.25. The van der Waals surface area contributed by atoms with E-state index in [-0.39, 0.29) is 11.9 Å². The minimum atomic E-state index is -0.151. The number of benzene rings is 1. The number of nitrogens with one attached hydrogen (secondary N) is 1. The fourth-order valence-corrected chi connectivity index (χ4v) is 3.37. The van der Waals surface area contributed by atoms with Crippen molar-refractivity contribution in [1.29, 1.82) is 0 Å². The quantitative estimate of drug-likeness (QED) is 0.709. The Morgan fingerprint density at radius 2 is 2.09 bits per heavy atom. The van der Waals surface area contributed by atoms with Crippen molar-refractivity contribution in [2.45, 2.75) is 13.0 Å². The Labute approximate surface area is 142 Å². The molecule has 4 nitrogen and oxygen atoms in total. The van der Waals surface area contributed by atoms with Crippen molar-refractivity contribution in [3.63, 3.8) is 0 Å². The van der Waals surface area contributed by atoms with E-state index in [4.69, 9.17) is 0 Å². The second-order valence-electron chi connectivity index (χ2n) is 4.91. The summed E-state index contributed by atoms with van der Waals surface area (Å²) >= 11 is 3.05. The first-order valence-corrected chi connectivity index (χ1v) is 8.92. The van der Waals surface area contributed by atoms with Gasteiger partial charge in [-0.3, -0.25) is 4.79 Å². The molecule has 0 radical (unpaired) electrons. The van der Waals surface area contributed by atoms with Gasteiger partial charge in [0.2, 0.25) is 5.91 Å². The third-order valence-corrected chi connectivity index (χ3v) is 4.81. The van der Waals surface area contributed by atoms with Gasteiger partial charge in [0.15, 0.2) is 0 Å². The minimum Gasteiger partial charge on any atom is -0.344 e. The zero-order valence-electron chi connectivity index (χ0n) is 12.5. The third-order valence-electron chi connectivity index (χ3n) is 3.18. The summed E-state index contributed by atoms with van der Waals surface area (Å²) in [5.41, 5.74) is 4.54. The van der Waals surface area contributed by atoms with Crippen LogP contribution in [0.5, 0.6) is 0 Å². The molecule has 116 valence electrons. The van der Waals surface area contributed by atoms with Crippen LogP contribution in [0.1, 0.15) is 23.7 Å². The summed E-state index contributed by atoms with van der Waals surface area (Å²) in [6, 6.07) is 9.88. The molecule has 6 heteroatoms. The van der Waals surface area contributed by atoms with Crippen molar-refractivity contribution in [2.24, 2.45) is 0 Å². The Bertz CT molecular complexity index is 794. The van der Waals surface area contributed by atoms with Crippen molar-refractivity contribution in [2.75, 3.05) is 0 Å². The fourth-order valence-electron chi connectivity index (χ4n) is 2.02. The number of rotatable bonds is 5. The number of thiazole rings is 2. The highest BCUT2D eigenvalue weighted by molar-refractivity contribution is 7.10. The van der Waals surface area contributed by atoms with Crippen LogP contribution in [0, 0.1) is 0 Å². The van der Waals surface area contributed by atoms with E-state index in [0.717, 1.165) is 22.0 Å². The van der Waals surface area contributed by atoms with Gasteiger partial charge in [-0.2, -0.15) is 0 Å². The largest absolute Gasteiger partial charge is 0.344 e. The van der Waals surface area contributed by atoms with E-state index in [0.29, 0.717) is 0 Å². The van der Waals surface area contributed by atoms with Crippen LogP contribution in [-0.4, -0.2) is 15.9 Å². The molecule has 3 rings (SSSR count). The van der Waals surface area contributed by atoms with Crippen LogP contribution in [-0.2, 0) is 4.79 Å². The summed E-state index contributed by atoms with van der Waals surface area (Å²) < 4.78 is 0. The van der Waals surface area contributed by atoms with Gasteiger partial charge in [-0.15, -0.1) is 22.7 Å². The van der Waals surface area contributed by atoms with Crippen molar-refractivity contribution in [3.8, 4) is 11.3 Å². The molecular formula is C17H15N3OS2. The predicted molar refractivity (Wildman–Crippen MR) is 95.3 cm³/mol. The number of aromatic nitrogens is 2. The minimum absolute atomic E-state index is 0.134. The van der Waals surface area contributed by atoms with E-state index in [9.17, 15) is 4.79 Å². The molecule has 0 aliphatic carbocycles. The number of carbonyl (C=O) groups is 1. The van der Waals surface area contributed by atoms with Crippen LogP contribution in [0.2, 0.25) is 0 Å². The smallest absolute Gasteiger partial charge is 0.244 e. The van der Waals surface area contributed by atoms with Crippen LogP contribution in [0.15, 0.2) is 52.7 Å². The molecule has 0 fully saturated rings. The molecule has 0 aliphatic rings. The van der Waals surface area contributed by atoms with Gasteiger partial charge in [-0.1, -0.05) is 30.3 Å². The Hall–Kier alpha value is -2.31. The zero-order valence-corrected chi connectivity index (χ0v) is 14.1. The molecule has 0 aliphatic heterocycles. The van der Waals surface area contributed by atoms with Crippen molar-refractivity contribution in [1.82, 2.24) is 15.3 Å². The van der Waals surface area contributed by atoms with Crippen LogP contribution in [0.4, 0.5) is 0 Å². The topological polar surface area (TPSA) is 54.9 Å². The van der Waals surface area contributed by atoms with Gasteiger partial charge in [0.1, 0.15) is 5.01 Å². The summed E-state index contributed by atoms with van der Waals surface area (Å²) in [6.45, 7) is 1.93. The lowest BCUT2D eigenvalue weighted by molar-refractivity contribution is -0.117. The first-order valence-electron chi connectivity index (χ1n) is 7.10. The molecule has 0 spiro atoms. The Morgan fingerprint density at radius 3 is 2.83 bits per heavy atom. The number of hydrogen-bond donors (Lipinski definition) is 1. The zero-order chi connectivity index (χ0) is 16.1. The standard InChI is InChI=1S/C17H15N3OS2/c1-12(19-16(21)8-7-14-9-22-11-18-14)17-20-15(10-23-17)13-5-3-2-4-6-13/h2-12H,1H3,(H,19,21)/b8-7+/t12-/m0/s1. The summed E-state index contributed by atoms with van der Waals surface area (Å²) in [5, 5.41) is 7.71. The Morgan fingerprint density at radius 1 is 1.26 bits per heavy atom. The Kier molecular flexibility index (Phi) is 4.95. The van der Waals surface area contributed by atoms with Gasteiger partial charge in [-0.05, 0) is 13.0 Å². The number of nitrogens with zero attached hydrogens (tertiary/aromatic N) is 2. The van der Waals surface area contributed by atoms with E-state index in [2.05, 4.69) is 15.3 Å². The predicted octanol–water partition coefficient (Wildman–Crippen LogP) is 4.16. The second kappa shape index (κ2) is 7.30. The SMILES string of the molecule is C[C@H](NC(=O)/C=C/c1cscn1)c1nc(-c2ccccc2)cs1. The van der Waals surface area contributed by atoms with E-state index in [1.807, 2.05) is 48.0 Å². The van der Waals surface area contributed by atoms with Gasteiger partial charge < -0.3 is 5.32 Å². The Balaban J connectivity index is 1.63. The molecule has 0 saturated carbocycles. The van der Waals surface area contributed by atoms with E-state index in [1.165, 1.54) is 17.4 Å². The maximum Gasteiger partial charge on any atom is 0.244 e. The molecule has 23 heavy (non-hydrogen) atoms. The first kappa shape index (κ1) is 15.6. The van der Waals surface area contributed by atoms with Gasteiger partial charge in [0.25, 0.3) is 0 Å². The molecule has 1 N–H and O–H groups in total. The van der Waals surface area contributed by atoms with E-state index in [1.54, 1.807) is 22.9 Å². The van der Waals surface area contributed by atoms with Crippen LogP contribution in [0.3, 0.4) is 0 Å². The molecular weight excluding hydrogens is 326 g/mol. The summed E-state index contributed by atoms with van der Waals surface area (Å²) in [5.74, 6) is -0.151. The molecule has 0 bridgehead atoms. The monoisotopic (exact) mass is 341 g/mol. The van der Waals surface area contributed by atoms with Gasteiger partial charge in [-0.25, -0.2) is 9.97 Å². The molecule has 2 aromatic heterocycles. The molecule has 1 amide bonds. The van der Waals surface area contributed by atoms with Crippen LogP contribution < -0.4 is 5.32 Å².